The Balaban J connectivity index is 2.72. The lowest BCUT2D eigenvalue weighted by Gasteiger charge is -2.19. The highest BCUT2D eigenvalue weighted by Gasteiger charge is 2.28. The second-order valence-corrected chi connectivity index (χ2v) is 4.96. The van der Waals surface area contributed by atoms with Gasteiger partial charge in [0.2, 0.25) is 0 Å². The van der Waals surface area contributed by atoms with Crippen molar-refractivity contribution in [3.63, 3.8) is 0 Å². The third kappa shape index (κ3) is 5.03. The number of hydrogen-bond acceptors (Lipinski definition) is 2. The quantitative estimate of drug-likeness (QED) is 0.873. The van der Waals surface area contributed by atoms with E-state index in [1.807, 2.05) is 6.92 Å². The van der Waals surface area contributed by atoms with E-state index in [9.17, 15) is 13.2 Å². The van der Waals surface area contributed by atoms with Crippen molar-refractivity contribution >= 4 is 11.6 Å². The molecule has 1 heterocycles. The Hall–Kier alpha value is -0.750. The van der Waals surface area contributed by atoms with Gasteiger partial charge in [-0.25, -0.2) is 0 Å². The molecule has 1 aromatic rings. The third-order valence-electron chi connectivity index (χ3n) is 2.97. The molecule has 0 fully saturated rings. The molecule has 0 radical (unpaired) electrons. The van der Waals surface area contributed by atoms with E-state index in [0.29, 0.717) is 23.7 Å². The SMILES string of the molecule is CCNC(CCC(F)(F)F)Cc1c(Cl)c(C)nn1C. The van der Waals surface area contributed by atoms with E-state index in [4.69, 9.17) is 11.6 Å². The van der Waals surface area contributed by atoms with Crippen molar-refractivity contribution in [2.45, 2.75) is 45.3 Å². The van der Waals surface area contributed by atoms with Crippen LogP contribution in [0.4, 0.5) is 13.2 Å². The van der Waals surface area contributed by atoms with E-state index in [-0.39, 0.29) is 12.5 Å². The molecule has 7 heteroatoms. The topological polar surface area (TPSA) is 29.9 Å². The van der Waals surface area contributed by atoms with Gasteiger partial charge in [-0.1, -0.05) is 18.5 Å². The van der Waals surface area contributed by atoms with Crippen molar-refractivity contribution in [1.29, 1.82) is 0 Å². The average molecular weight is 298 g/mol. The van der Waals surface area contributed by atoms with Crippen molar-refractivity contribution in [2.24, 2.45) is 7.05 Å². The van der Waals surface area contributed by atoms with Crippen molar-refractivity contribution in [3.8, 4) is 0 Å². The fourth-order valence-corrected chi connectivity index (χ4v) is 2.28. The number of alkyl halides is 3. The third-order valence-corrected chi connectivity index (χ3v) is 3.46. The number of hydrogen-bond donors (Lipinski definition) is 1. The summed E-state index contributed by atoms with van der Waals surface area (Å²) in [6.45, 7) is 4.28. The van der Waals surface area contributed by atoms with Crippen LogP contribution in [0.2, 0.25) is 5.02 Å². The van der Waals surface area contributed by atoms with Gasteiger partial charge in [-0.05, 0) is 19.9 Å². The van der Waals surface area contributed by atoms with Crippen LogP contribution in [0.1, 0.15) is 31.2 Å². The summed E-state index contributed by atoms with van der Waals surface area (Å²) in [5.74, 6) is 0. The molecule has 110 valence electrons. The molecule has 1 aromatic heterocycles. The van der Waals surface area contributed by atoms with Gasteiger partial charge in [-0.2, -0.15) is 18.3 Å². The zero-order valence-electron chi connectivity index (χ0n) is 11.3. The van der Waals surface area contributed by atoms with Gasteiger partial charge in [0.25, 0.3) is 0 Å². The smallest absolute Gasteiger partial charge is 0.314 e. The molecule has 0 spiro atoms. The van der Waals surface area contributed by atoms with Gasteiger partial charge in [0, 0.05) is 25.9 Å². The van der Waals surface area contributed by atoms with Crippen LogP contribution in [0.25, 0.3) is 0 Å². The number of nitrogens with zero attached hydrogens (tertiary/aromatic N) is 2. The van der Waals surface area contributed by atoms with Crippen molar-refractivity contribution in [1.82, 2.24) is 15.1 Å². The Morgan fingerprint density at radius 2 is 2.05 bits per heavy atom. The van der Waals surface area contributed by atoms with Crippen molar-refractivity contribution in [3.05, 3.63) is 16.4 Å². The molecule has 19 heavy (non-hydrogen) atoms. The highest BCUT2D eigenvalue weighted by atomic mass is 35.5. The molecule has 1 unspecified atom stereocenters. The molecule has 0 aliphatic heterocycles. The molecule has 0 amide bonds. The Morgan fingerprint density at radius 3 is 2.47 bits per heavy atom. The normalized spacial score (nSPS) is 13.8. The van der Waals surface area contributed by atoms with Crippen LogP contribution in [-0.4, -0.2) is 28.5 Å². The van der Waals surface area contributed by atoms with E-state index in [1.165, 1.54) is 0 Å². The minimum absolute atomic E-state index is 0.0396. The van der Waals surface area contributed by atoms with Gasteiger partial charge in [-0.15, -0.1) is 0 Å². The lowest BCUT2D eigenvalue weighted by molar-refractivity contribution is -0.136. The Kier molecular flexibility index (Phi) is 5.67. The van der Waals surface area contributed by atoms with Crippen LogP contribution in [0.15, 0.2) is 0 Å². The molecule has 1 N–H and O–H groups in total. The standard InChI is InChI=1S/C12H19ClF3N3/c1-4-17-9(5-6-12(14,15)16)7-10-11(13)8(2)18-19(10)3/h9,17H,4-7H2,1-3H3. The maximum Gasteiger partial charge on any atom is 0.389 e. The molecule has 0 aromatic carbocycles. The van der Waals surface area contributed by atoms with Crippen LogP contribution < -0.4 is 5.32 Å². The van der Waals surface area contributed by atoms with E-state index >= 15 is 0 Å². The van der Waals surface area contributed by atoms with Crippen LogP contribution in [0.3, 0.4) is 0 Å². The van der Waals surface area contributed by atoms with E-state index in [1.54, 1.807) is 18.7 Å². The second-order valence-electron chi connectivity index (χ2n) is 4.58. The minimum atomic E-state index is -4.13. The molecular formula is C12H19ClF3N3. The summed E-state index contributed by atoms with van der Waals surface area (Å²) < 4.78 is 38.5. The summed E-state index contributed by atoms with van der Waals surface area (Å²) in [6, 6.07) is -0.251. The lowest BCUT2D eigenvalue weighted by Crippen LogP contribution is -2.33. The Morgan fingerprint density at radius 1 is 1.42 bits per heavy atom. The molecule has 0 aliphatic carbocycles. The maximum absolute atomic E-state index is 12.3. The number of aryl methyl sites for hydroxylation is 2. The highest BCUT2D eigenvalue weighted by molar-refractivity contribution is 6.31. The van der Waals surface area contributed by atoms with E-state index in [2.05, 4.69) is 10.4 Å². The zero-order valence-corrected chi connectivity index (χ0v) is 12.1. The van der Waals surface area contributed by atoms with Crippen molar-refractivity contribution in [2.75, 3.05) is 6.54 Å². The number of aromatic nitrogens is 2. The summed E-state index contributed by atoms with van der Waals surface area (Å²) >= 11 is 6.12. The molecule has 1 rings (SSSR count). The molecule has 3 nitrogen and oxygen atoms in total. The lowest BCUT2D eigenvalue weighted by atomic mass is 10.1. The summed E-state index contributed by atoms with van der Waals surface area (Å²) in [6.07, 6.45) is -4.43. The Bertz CT molecular complexity index is 415. The molecule has 0 saturated carbocycles. The first-order chi connectivity index (χ1) is 8.74. The van der Waals surface area contributed by atoms with E-state index in [0.717, 1.165) is 5.69 Å². The molecule has 0 saturated heterocycles. The first kappa shape index (κ1) is 16.3. The van der Waals surface area contributed by atoms with Gasteiger partial charge in [0.05, 0.1) is 16.4 Å². The van der Waals surface area contributed by atoms with Gasteiger partial charge >= 0.3 is 6.18 Å². The summed E-state index contributed by atoms with van der Waals surface area (Å²) in [5.41, 5.74) is 1.47. The molecule has 0 bridgehead atoms. The molecule has 1 atom stereocenters. The van der Waals surface area contributed by atoms with Gasteiger partial charge in [-0.3, -0.25) is 4.68 Å². The second kappa shape index (κ2) is 6.61. The first-order valence-electron chi connectivity index (χ1n) is 6.22. The van der Waals surface area contributed by atoms with Crippen LogP contribution in [-0.2, 0) is 13.5 Å². The van der Waals surface area contributed by atoms with Crippen molar-refractivity contribution < 1.29 is 13.2 Å². The maximum atomic E-state index is 12.3. The minimum Gasteiger partial charge on any atom is -0.314 e. The van der Waals surface area contributed by atoms with Gasteiger partial charge in [0.1, 0.15) is 0 Å². The largest absolute Gasteiger partial charge is 0.389 e. The van der Waals surface area contributed by atoms with E-state index < -0.39 is 12.6 Å². The summed E-state index contributed by atoms with van der Waals surface area (Å²) in [5, 5.41) is 7.77. The zero-order chi connectivity index (χ0) is 14.6. The fraction of sp³-hybridized carbons (Fsp3) is 0.750. The summed E-state index contributed by atoms with van der Waals surface area (Å²) in [4.78, 5) is 0. The highest BCUT2D eigenvalue weighted by Crippen LogP contribution is 2.25. The summed E-state index contributed by atoms with van der Waals surface area (Å²) in [7, 11) is 1.75. The fourth-order valence-electron chi connectivity index (χ4n) is 2.04. The Labute approximate surface area is 116 Å². The van der Waals surface area contributed by atoms with Gasteiger partial charge < -0.3 is 5.32 Å². The van der Waals surface area contributed by atoms with Crippen LogP contribution >= 0.6 is 11.6 Å². The number of halogens is 4. The monoisotopic (exact) mass is 297 g/mol. The average Bonchev–Trinajstić information content (AvgIpc) is 2.52. The first-order valence-corrected chi connectivity index (χ1v) is 6.60. The number of nitrogens with one attached hydrogen (secondary N) is 1. The predicted octanol–water partition coefficient (Wildman–Crippen LogP) is 3.25. The van der Waals surface area contributed by atoms with Gasteiger partial charge in [0.15, 0.2) is 0 Å². The molecule has 0 aliphatic rings. The van der Waals surface area contributed by atoms with Crippen LogP contribution in [0.5, 0.6) is 0 Å². The van der Waals surface area contributed by atoms with Crippen LogP contribution in [0, 0.1) is 6.92 Å². The predicted molar refractivity (Wildman–Crippen MR) is 69.4 cm³/mol. The number of likely N-dealkylation sites (N-methyl/N-ethyl adjacent to an activating group) is 1. The number of rotatable bonds is 6. The molecular weight excluding hydrogens is 279 g/mol.